The average Bonchev–Trinajstić information content (AvgIpc) is 3.33. The number of nitrogens with one attached hydrogen (secondary N) is 1. The lowest BCUT2D eigenvalue weighted by atomic mass is 9.98. The number of rotatable bonds is 7. The standard InChI is InChI=1S/C16H22N2O2/c1-2-20-16(19)13-4-3-9-17-15(13)18-10-14(11-5-6-11)12-7-8-12/h3-4,9,11-12,14H,2,5-8,10H2,1H3,(H,17,18). The molecule has 2 aliphatic rings. The molecule has 0 aromatic carbocycles. The Labute approximate surface area is 119 Å². The fourth-order valence-electron chi connectivity index (χ4n) is 2.90. The summed E-state index contributed by atoms with van der Waals surface area (Å²) in [5.74, 6) is 2.91. The molecule has 2 fully saturated rings. The third kappa shape index (κ3) is 3.11. The minimum atomic E-state index is -0.294. The molecule has 20 heavy (non-hydrogen) atoms. The summed E-state index contributed by atoms with van der Waals surface area (Å²) in [6, 6.07) is 3.55. The summed E-state index contributed by atoms with van der Waals surface area (Å²) < 4.78 is 5.08. The van der Waals surface area contributed by atoms with Crippen LogP contribution in [0.15, 0.2) is 18.3 Å². The van der Waals surface area contributed by atoms with Gasteiger partial charge in [0, 0.05) is 12.7 Å². The molecular weight excluding hydrogens is 252 g/mol. The Balaban J connectivity index is 1.65. The highest BCUT2D eigenvalue weighted by atomic mass is 16.5. The minimum absolute atomic E-state index is 0.294. The van der Waals surface area contributed by atoms with E-state index in [9.17, 15) is 4.79 Å². The third-order valence-electron chi connectivity index (χ3n) is 4.26. The fraction of sp³-hybridized carbons (Fsp3) is 0.625. The molecule has 0 amide bonds. The number of carbonyl (C=O) groups is 1. The molecule has 1 N–H and O–H groups in total. The van der Waals surface area contributed by atoms with Gasteiger partial charge in [-0.25, -0.2) is 9.78 Å². The van der Waals surface area contributed by atoms with E-state index < -0.39 is 0 Å². The zero-order valence-corrected chi connectivity index (χ0v) is 12.0. The van der Waals surface area contributed by atoms with Crippen LogP contribution in [0.5, 0.6) is 0 Å². The average molecular weight is 274 g/mol. The van der Waals surface area contributed by atoms with Gasteiger partial charge < -0.3 is 10.1 Å². The molecule has 4 heteroatoms. The first-order valence-corrected chi connectivity index (χ1v) is 7.65. The number of hydrogen-bond acceptors (Lipinski definition) is 4. The fourth-order valence-corrected chi connectivity index (χ4v) is 2.90. The topological polar surface area (TPSA) is 51.2 Å². The predicted octanol–water partition coefficient (Wildman–Crippen LogP) is 3.11. The quantitative estimate of drug-likeness (QED) is 0.776. The molecule has 2 saturated carbocycles. The van der Waals surface area contributed by atoms with Crippen molar-refractivity contribution in [3.63, 3.8) is 0 Å². The van der Waals surface area contributed by atoms with E-state index in [1.54, 1.807) is 18.3 Å². The molecule has 1 heterocycles. The van der Waals surface area contributed by atoms with Crippen molar-refractivity contribution >= 4 is 11.8 Å². The Morgan fingerprint density at radius 3 is 2.70 bits per heavy atom. The molecule has 0 aliphatic heterocycles. The van der Waals surface area contributed by atoms with E-state index in [4.69, 9.17) is 4.74 Å². The van der Waals surface area contributed by atoms with Crippen molar-refractivity contribution < 1.29 is 9.53 Å². The van der Waals surface area contributed by atoms with Crippen LogP contribution < -0.4 is 5.32 Å². The summed E-state index contributed by atoms with van der Waals surface area (Å²) in [5, 5.41) is 3.38. The van der Waals surface area contributed by atoms with Crippen molar-refractivity contribution in [1.29, 1.82) is 0 Å². The van der Waals surface area contributed by atoms with Crippen LogP contribution in [0.4, 0.5) is 5.82 Å². The highest BCUT2D eigenvalue weighted by Gasteiger charge is 2.41. The smallest absolute Gasteiger partial charge is 0.341 e. The van der Waals surface area contributed by atoms with E-state index in [0.29, 0.717) is 18.0 Å². The Morgan fingerprint density at radius 2 is 2.10 bits per heavy atom. The number of carbonyl (C=O) groups excluding carboxylic acids is 1. The molecular formula is C16H22N2O2. The second kappa shape index (κ2) is 5.81. The van der Waals surface area contributed by atoms with Gasteiger partial charge in [0.2, 0.25) is 0 Å². The predicted molar refractivity (Wildman–Crippen MR) is 77.6 cm³/mol. The van der Waals surface area contributed by atoms with E-state index in [1.807, 2.05) is 6.92 Å². The van der Waals surface area contributed by atoms with Crippen molar-refractivity contribution in [3.8, 4) is 0 Å². The molecule has 0 bridgehead atoms. The van der Waals surface area contributed by atoms with Gasteiger partial charge in [-0.05, 0) is 62.5 Å². The molecule has 0 atom stereocenters. The number of pyridine rings is 1. The lowest BCUT2D eigenvalue weighted by molar-refractivity contribution is 0.0527. The molecule has 108 valence electrons. The molecule has 0 unspecified atom stereocenters. The number of aromatic nitrogens is 1. The first-order chi connectivity index (χ1) is 9.79. The van der Waals surface area contributed by atoms with E-state index >= 15 is 0 Å². The lowest BCUT2D eigenvalue weighted by Gasteiger charge is -2.17. The van der Waals surface area contributed by atoms with Crippen LogP contribution in [0, 0.1) is 17.8 Å². The third-order valence-corrected chi connectivity index (χ3v) is 4.26. The molecule has 0 radical (unpaired) electrons. The van der Waals surface area contributed by atoms with E-state index in [-0.39, 0.29) is 5.97 Å². The zero-order chi connectivity index (χ0) is 13.9. The molecule has 0 saturated heterocycles. The lowest BCUT2D eigenvalue weighted by Crippen LogP contribution is -2.20. The van der Waals surface area contributed by atoms with E-state index in [2.05, 4.69) is 10.3 Å². The summed E-state index contributed by atoms with van der Waals surface area (Å²) in [5.41, 5.74) is 0.541. The van der Waals surface area contributed by atoms with Gasteiger partial charge in [-0.3, -0.25) is 0 Å². The second-order valence-corrected chi connectivity index (χ2v) is 5.84. The van der Waals surface area contributed by atoms with Gasteiger partial charge >= 0.3 is 5.97 Å². The normalized spacial score (nSPS) is 18.1. The number of hydrogen-bond donors (Lipinski definition) is 1. The van der Waals surface area contributed by atoms with Crippen LogP contribution in [-0.2, 0) is 4.74 Å². The molecule has 1 aromatic heterocycles. The SMILES string of the molecule is CCOC(=O)c1cccnc1NCC(C1CC1)C1CC1. The summed E-state index contributed by atoms with van der Waals surface area (Å²) >= 11 is 0. The molecule has 4 nitrogen and oxygen atoms in total. The summed E-state index contributed by atoms with van der Waals surface area (Å²) in [4.78, 5) is 16.2. The van der Waals surface area contributed by atoms with Crippen molar-refractivity contribution in [2.45, 2.75) is 32.6 Å². The van der Waals surface area contributed by atoms with Crippen LogP contribution in [0.3, 0.4) is 0 Å². The summed E-state index contributed by atoms with van der Waals surface area (Å²) in [6.07, 6.45) is 7.20. The van der Waals surface area contributed by atoms with Gasteiger partial charge in [0.1, 0.15) is 11.4 Å². The minimum Gasteiger partial charge on any atom is -0.462 e. The maximum atomic E-state index is 11.9. The van der Waals surface area contributed by atoms with E-state index in [0.717, 1.165) is 24.3 Å². The van der Waals surface area contributed by atoms with Crippen molar-refractivity contribution in [1.82, 2.24) is 4.98 Å². The van der Waals surface area contributed by atoms with Gasteiger partial charge in [-0.15, -0.1) is 0 Å². The Kier molecular flexibility index (Phi) is 3.90. The second-order valence-electron chi connectivity index (χ2n) is 5.84. The number of nitrogens with zero attached hydrogens (tertiary/aromatic N) is 1. The summed E-state index contributed by atoms with van der Waals surface area (Å²) in [7, 11) is 0. The van der Waals surface area contributed by atoms with Gasteiger partial charge in [-0.2, -0.15) is 0 Å². The molecule has 0 spiro atoms. The van der Waals surface area contributed by atoms with Gasteiger partial charge in [0.05, 0.1) is 6.61 Å². The van der Waals surface area contributed by atoms with Gasteiger partial charge in [0.15, 0.2) is 0 Å². The Morgan fingerprint density at radius 1 is 1.40 bits per heavy atom. The van der Waals surface area contributed by atoms with Crippen molar-refractivity contribution in [3.05, 3.63) is 23.9 Å². The summed E-state index contributed by atoms with van der Waals surface area (Å²) in [6.45, 7) is 3.14. The maximum absolute atomic E-state index is 11.9. The van der Waals surface area contributed by atoms with Crippen LogP contribution in [0.2, 0.25) is 0 Å². The first-order valence-electron chi connectivity index (χ1n) is 7.65. The number of anilines is 1. The maximum Gasteiger partial charge on any atom is 0.341 e. The van der Waals surface area contributed by atoms with Crippen molar-refractivity contribution in [2.24, 2.45) is 17.8 Å². The highest BCUT2D eigenvalue weighted by Crippen LogP contribution is 2.49. The zero-order valence-electron chi connectivity index (χ0n) is 12.0. The van der Waals surface area contributed by atoms with Crippen LogP contribution in [0.1, 0.15) is 43.0 Å². The van der Waals surface area contributed by atoms with E-state index in [1.165, 1.54) is 25.7 Å². The number of esters is 1. The number of ether oxygens (including phenoxy) is 1. The van der Waals surface area contributed by atoms with Gasteiger partial charge in [0.25, 0.3) is 0 Å². The molecule has 1 aromatic rings. The van der Waals surface area contributed by atoms with Crippen molar-refractivity contribution in [2.75, 3.05) is 18.5 Å². The molecule has 3 rings (SSSR count). The Hall–Kier alpha value is -1.58. The van der Waals surface area contributed by atoms with Crippen LogP contribution >= 0.6 is 0 Å². The van der Waals surface area contributed by atoms with Crippen LogP contribution in [-0.4, -0.2) is 24.1 Å². The first kappa shape index (κ1) is 13.4. The highest BCUT2D eigenvalue weighted by molar-refractivity contribution is 5.94. The Bertz CT molecular complexity index is 469. The largest absolute Gasteiger partial charge is 0.462 e. The molecule has 2 aliphatic carbocycles. The monoisotopic (exact) mass is 274 g/mol. The van der Waals surface area contributed by atoms with Crippen LogP contribution in [0.25, 0.3) is 0 Å². The van der Waals surface area contributed by atoms with Gasteiger partial charge in [-0.1, -0.05) is 0 Å².